The molecule has 0 bridgehead atoms. The number of benzene rings is 2. The average Bonchev–Trinajstić information content (AvgIpc) is 2.66. The minimum absolute atomic E-state index is 0.439. The topological polar surface area (TPSA) is 58.6 Å². The molecule has 0 spiro atoms. The van der Waals surface area contributed by atoms with Crippen LogP contribution in [0.1, 0.15) is 32.3 Å². The number of hydrogen-bond acceptors (Lipinski definition) is 3. The summed E-state index contributed by atoms with van der Waals surface area (Å²) in [6.45, 7) is 4.86. The molecule has 2 rings (SSSR count). The Morgan fingerprint density at radius 1 is 1.08 bits per heavy atom. The van der Waals surface area contributed by atoms with E-state index in [-0.39, 0.29) is 0 Å². The van der Waals surface area contributed by atoms with E-state index in [1.54, 1.807) is 7.11 Å². The molecule has 25 heavy (non-hydrogen) atoms. The molecule has 2 N–H and O–H groups in total. The molecular formula is C21H27NO3. The van der Waals surface area contributed by atoms with E-state index in [0.717, 1.165) is 22.4 Å². The molecule has 0 aliphatic rings. The molecule has 0 unspecified atom stereocenters. The third-order valence-electron chi connectivity index (χ3n) is 4.97. The van der Waals surface area contributed by atoms with E-state index in [2.05, 4.69) is 23.5 Å². The Bertz CT molecular complexity index is 694. The lowest BCUT2D eigenvalue weighted by molar-refractivity contribution is -0.149. The van der Waals surface area contributed by atoms with Gasteiger partial charge in [0, 0.05) is 18.7 Å². The van der Waals surface area contributed by atoms with Gasteiger partial charge in [-0.1, -0.05) is 50.2 Å². The quantitative estimate of drug-likeness (QED) is 0.712. The van der Waals surface area contributed by atoms with E-state index in [9.17, 15) is 9.90 Å². The van der Waals surface area contributed by atoms with Crippen molar-refractivity contribution in [2.24, 2.45) is 5.41 Å². The fraction of sp³-hybridized carbons (Fsp3) is 0.381. The molecule has 0 aliphatic heterocycles. The maximum atomic E-state index is 11.6. The van der Waals surface area contributed by atoms with Crippen molar-refractivity contribution in [3.8, 4) is 16.9 Å². The Hall–Kier alpha value is -2.33. The third-order valence-corrected chi connectivity index (χ3v) is 4.97. The van der Waals surface area contributed by atoms with Crippen LogP contribution in [0.15, 0.2) is 48.5 Å². The number of ether oxygens (including phenoxy) is 1. The van der Waals surface area contributed by atoms with Crippen molar-refractivity contribution in [2.75, 3.05) is 13.7 Å². The second-order valence-electron chi connectivity index (χ2n) is 6.29. The zero-order chi connectivity index (χ0) is 18.3. The standard InChI is InChI=1S/C21H27NO3/c1-4-21(5-2,20(23)24)15-22-14-18-13-17(11-12-19(18)25-3)16-9-7-6-8-10-16/h6-13,22H,4-5,14-15H2,1-3H3,(H,23,24). The highest BCUT2D eigenvalue weighted by Crippen LogP contribution is 2.28. The summed E-state index contributed by atoms with van der Waals surface area (Å²) in [7, 11) is 1.65. The van der Waals surface area contributed by atoms with Crippen LogP contribution in [-0.4, -0.2) is 24.7 Å². The first-order valence-corrected chi connectivity index (χ1v) is 8.72. The number of carboxylic acid groups (broad SMARTS) is 1. The number of methoxy groups -OCH3 is 1. The summed E-state index contributed by atoms with van der Waals surface area (Å²) in [6, 6.07) is 16.3. The maximum absolute atomic E-state index is 11.6. The van der Waals surface area contributed by atoms with Gasteiger partial charge in [-0.3, -0.25) is 4.79 Å². The highest BCUT2D eigenvalue weighted by molar-refractivity contribution is 5.74. The van der Waals surface area contributed by atoms with Crippen LogP contribution in [0.5, 0.6) is 5.75 Å². The lowest BCUT2D eigenvalue weighted by atomic mass is 9.82. The summed E-state index contributed by atoms with van der Waals surface area (Å²) >= 11 is 0. The van der Waals surface area contributed by atoms with Gasteiger partial charge in [0.15, 0.2) is 0 Å². The Morgan fingerprint density at radius 3 is 2.32 bits per heavy atom. The van der Waals surface area contributed by atoms with Crippen molar-refractivity contribution >= 4 is 5.97 Å². The first-order valence-electron chi connectivity index (χ1n) is 8.72. The van der Waals surface area contributed by atoms with E-state index >= 15 is 0 Å². The van der Waals surface area contributed by atoms with E-state index in [4.69, 9.17) is 4.74 Å². The smallest absolute Gasteiger partial charge is 0.310 e. The van der Waals surface area contributed by atoms with Gasteiger partial charge in [-0.25, -0.2) is 0 Å². The second-order valence-corrected chi connectivity index (χ2v) is 6.29. The molecule has 4 heteroatoms. The Labute approximate surface area is 149 Å². The molecule has 0 aromatic heterocycles. The summed E-state index contributed by atoms with van der Waals surface area (Å²) < 4.78 is 5.46. The van der Waals surface area contributed by atoms with Gasteiger partial charge in [-0.05, 0) is 36.1 Å². The fourth-order valence-corrected chi connectivity index (χ4v) is 3.04. The Morgan fingerprint density at radius 2 is 1.76 bits per heavy atom. The molecular weight excluding hydrogens is 314 g/mol. The average molecular weight is 341 g/mol. The van der Waals surface area contributed by atoms with Gasteiger partial charge in [0.05, 0.1) is 12.5 Å². The SMILES string of the molecule is CCC(CC)(CNCc1cc(-c2ccccc2)ccc1OC)C(=O)O. The van der Waals surface area contributed by atoms with E-state index in [1.165, 1.54) is 0 Å². The van der Waals surface area contributed by atoms with Crippen LogP contribution < -0.4 is 10.1 Å². The largest absolute Gasteiger partial charge is 0.496 e. The van der Waals surface area contributed by atoms with Gasteiger partial charge in [0.2, 0.25) is 0 Å². The highest BCUT2D eigenvalue weighted by atomic mass is 16.5. The lowest BCUT2D eigenvalue weighted by Gasteiger charge is -2.27. The van der Waals surface area contributed by atoms with Crippen molar-refractivity contribution in [1.29, 1.82) is 0 Å². The predicted molar refractivity (Wildman–Crippen MR) is 101 cm³/mol. The zero-order valence-corrected chi connectivity index (χ0v) is 15.2. The van der Waals surface area contributed by atoms with Gasteiger partial charge in [0.25, 0.3) is 0 Å². The fourth-order valence-electron chi connectivity index (χ4n) is 3.04. The third kappa shape index (κ3) is 4.40. The van der Waals surface area contributed by atoms with Crippen LogP contribution in [-0.2, 0) is 11.3 Å². The van der Waals surface area contributed by atoms with Crippen LogP contribution in [0.25, 0.3) is 11.1 Å². The van der Waals surface area contributed by atoms with Crippen LogP contribution in [0.3, 0.4) is 0 Å². The monoisotopic (exact) mass is 341 g/mol. The number of hydrogen-bond donors (Lipinski definition) is 2. The first-order chi connectivity index (χ1) is 12.1. The molecule has 134 valence electrons. The van der Waals surface area contributed by atoms with Crippen LogP contribution >= 0.6 is 0 Å². The molecule has 0 fully saturated rings. The maximum Gasteiger partial charge on any atom is 0.310 e. The Balaban J connectivity index is 2.17. The lowest BCUT2D eigenvalue weighted by Crippen LogP contribution is -2.40. The van der Waals surface area contributed by atoms with Crippen molar-refractivity contribution in [1.82, 2.24) is 5.32 Å². The van der Waals surface area contributed by atoms with Crippen LogP contribution in [0.4, 0.5) is 0 Å². The van der Waals surface area contributed by atoms with E-state index < -0.39 is 11.4 Å². The summed E-state index contributed by atoms with van der Waals surface area (Å²) in [5.41, 5.74) is 2.57. The van der Waals surface area contributed by atoms with Gasteiger partial charge in [0.1, 0.15) is 5.75 Å². The minimum Gasteiger partial charge on any atom is -0.496 e. The zero-order valence-electron chi connectivity index (χ0n) is 15.2. The number of nitrogens with one attached hydrogen (secondary N) is 1. The molecule has 0 radical (unpaired) electrons. The summed E-state index contributed by atoms with van der Waals surface area (Å²) in [4.78, 5) is 11.6. The summed E-state index contributed by atoms with van der Waals surface area (Å²) in [6.07, 6.45) is 1.21. The van der Waals surface area contributed by atoms with Crippen LogP contribution in [0.2, 0.25) is 0 Å². The van der Waals surface area contributed by atoms with Gasteiger partial charge in [-0.2, -0.15) is 0 Å². The van der Waals surface area contributed by atoms with Crippen LogP contribution in [0, 0.1) is 5.41 Å². The van der Waals surface area contributed by atoms with Gasteiger partial charge < -0.3 is 15.2 Å². The molecule has 0 atom stereocenters. The number of rotatable bonds is 9. The second kappa shape index (κ2) is 8.67. The minimum atomic E-state index is -0.741. The summed E-state index contributed by atoms with van der Waals surface area (Å²) in [5.74, 6) is 0.0658. The van der Waals surface area contributed by atoms with E-state index in [0.29, 0.717) is 25.9 Å². The van der Waals surface area contributed by atoms with Crippen molar-refractivity contribution < 1.29 is 14.6 Å². The predicted octanol–water partition coefficient (Wildman–Crippen LogP) is 4.34. The van der Waals surface area contributed by atoms with Crippen molar-refractivity contribution in [3.63, 3.8) is 0 Å². The summed E-state index contributed by atoms with van der Waals surface area (Å²) in [5, 5.41) is 12.9. The van der Waals surface area contributed by atoms with Gasteiger partial charge in [-0.15, -0.1) is 0 Å². The molecule has 0 aliphatic carbocycles. The molecule has 0 saturated heterocycles. The molecule has 2 aromatic rings. The number of carbonyl (C=O) groups is 1. The number of carboxylic acids is 1. The molecule has 4 nitrogen and oxygen atoms in total. The van der Waals surface area contributed by atoms with Crippen molar-refractivity contribution in [3.05, 3.63) is 54.1 Å². The molecule has 0 saturated carbocycles. The van der Waals surface area contributed by atoms with Gasteiger partial charge >= 0.3 is 5.97 Å². The highest BCUT2D eigenvalue weighted by Gasteiger charge is 2.34. The van der Waals surface area contributed by atoms with Crippen molar-refractivity contribution in [2.45, 2.75) is 33.2 Å². The normalized spacial score (nSPS) is 11.3. The molecule has 2 aromatic carbocycles. The number of aliphatic carboxylic acids is 1. The first kappa shape index (κ1) is 19.0. The Kier molecular flexibility index (Phi) is 6.59. The molecule has 0 amide bonds. The van der Waals surface area contributed by atoms with E-state index in [1.807, 2.05) is 44.2 Å². The molecule has 0 heterocycles.